The number of hydrogen-bond acceptors (Lipinski definition) is 11. The van der Waals surface area contributed by atoms with Crippen LogP contribution in [-0.2, 0) is 38.1 Å². The van der Waals surface area contributed by atoms with Crippen molar-refractivity contribution in [3.05, 3.63) is 0 Å². The van der Waals surface area contributed by atoms with Crippen LogP contribution in [0.5, 0.6) is 0 Å². The third-order valence-corrected chi connectivity index (χ3v) is 7.74. The van der Waals surface area contributed by atoms with Crippen LogP contribution in [0.2, 0.25) is 0 Å². The van der Waals surface area contributed by atoms with Gasteiger partial charge in [-0.05, 0) is 81.1 Å². The highest BCUT2D eigenvalue weighted by atomic mass is 16.7. The van der Waals surface area contributed by atoms with E-state index in [0.717, 1.165) is 25.7 Å². The molecule has 2 fully saturated rings. The molecule has 2 saturated heterocycles. The van der Waals surface area contributed by atoms with Crippen LogP contribution in [0.1, 0.15) is 81.1 Å². The van der Waals surface area contributed by atoms with Crippen molar-refractivity contribution >= 4 is 6.16 Å². The predicted molar refractivity (Wildman–Crippen MR) is 151 cm³/mol. The summed E-state index contributed by atoms with van der Waals surface area (Å²) >= 11 is 0. The summed E-state index contributed by atoms with van der Waals surface area (Å²) in [5.41, 5.74) is -0.850. The molecule has 2 rings (SSSR count). The minimum absolute atomic E-state index is 0.0250. The van der Waals surface area contributed by atoms with E-state index in [9.17, 15) is 4.79 Å². The minimum Gasteiger partial charge on any atom is -0.426 e. The van der Waals surface area contributed by atoms with Crippen molar-refractivity contribution in [1.29, 1.82) is 0 Å². The lowest BCUT2D eigenvalue weighted by molar-refractivity contribution is -0.281. The third-order valence-electron chi connectivity index (χ3n) is 7.74. The summed E-state index contributed by atoms with van der Waals surface area (Å²) in [6, 6.07) is 0. The molecule has 2 atom stereocenters. The molecule has 2 aliphatic rings. The molecule has 0 aromatic carbocycles. The molecule has 0 saturated carbocycles. The fourth-order valence-corrected chi connectivity index (χ4v) is 6.96. The van der Waals surface area contributed by atoms with Gasteiger partial charge in [-0.1, -0.05) is 0 Å². The Bertz CT molecular complexity index is 691. The lowest BCUT2D eigenvalue weighted by Crippen LogP contribution is -2.61. The standard InChI is InChI=1S/C29H56N2O9/c1-26(2)13-21(14-27(3,4)30(26)35-11)37-19-23(17-33-9)39-25(32)40-24(18-34-10)20-38-22-15-28(5,6)31(36-12)29(7,8)16-22/h21-24H,13-20H2,1-12H3. The maximum Gasteiger partial charge on any atom is 0.509 e. The van der Waals surface area contributed by atoms with E-state index >= 15 is 0 Å². The molecular formula is C29H56N2O9. The van der Waals surface area contributed by atoms with Gasteiger partial charge in [-0.3, -0.25) is 0 Å². The van der Waals surface area contributed by atoms with Gasteiger partial charge in [0.1, 0.15) is 0 Å². The quantitative estimate of drug-likeness (QED) is 0.276. The molecule has 0 radical (unpaired) electrons. The average molecular weight is 577 g/mol. The average Bonchev–Trinajstić information content (AvgIpc) is 2.78. The maximum atomic E-state index is 12.8. The maximum absolute atomic E-state index is 12.8. The topological polar surface area (TPSA) is 97.4 Å². The fourth-order valence-electron chi connectivity index (χ4n) is 6.96. The Hall–Kier alpha value is -1.05. The number of methoxy groups -OCH3 is 2. The van der Waals surface area contributed by atoms with Gasteiger partial charge in [0.05, 0.1) is 52.9 Å². The summed E-state index contributed by atoms with van der Waals surface area (Å²) in [6.07, 6.45) is 1.02. The Labute approximate surface area is 241 Å². The van der Waals surface area contributed by atoms with Crippen LogP contribution in [0.15, 0.2) is 0 Å². The molecule has 2 unspecified atom stereocenters. The highest BCUT2D eigenvalue weighted by Gasteiger charge is 2.48. The van der Waals surface area contributed by atoms with Gasteiger partial charge in [-0.15, -0.1) is 0 Å². The predicted octanol–water partition coefficient (Wildman–Crippen LogP) is 4.37. The molecule has 0 N–H and O–H groups in total. The summed E-state index contributed by atoms with van der Waals surface area (Å²) in [5, 5.41) is 4.06. The molecule has 2 heterocycles. The second-order valence-electron chi connectivity index (χ2n) is 13.6. The highest BCUT2D eigenvalue weighted by Crippen LogP contribution is 2.40. The van der Waals surface area contributed by atoms with E-state index in [-0.39, 0.29) is 60.8 Å². The number of piperidine rings is 2. The molecule has 236 valence electrons. The van der Waals surface area contributed by atoms with Gasteiger partial charge in [0, 0.05) is 36.4 Å². The number of carbonyl (C=O) groups is 1. The Kier molecular flexibility index (Phi) is 12.7. The normalized spacial score (nSPS) is 24.9. The summed E-state index contributed by atoms with van der Waals surface area (Å²) in [7, 11) is 6.52. The van der Waals surface area contributed by atoms with Crippen LogP contribution in [0.25, 0.3) is 0 Å². The Morgan fingerprint density at radius 3 is 1.15 bits per heavy atom. The van der Waals surface area contributed by atoms with Gasteiger partial charge >= 0.3 is 6.16 Å². The van der Waals surface area contributed by atoms with Crippen molar-refractivity contribution in [3.63, 3.8) is 0 Å². The van der Waals surface area contributed by atoms with Crippen molar-refractivity contribution in [3.8, 4) is 0 Å². The lowest BCUT2D eigenvalue weighted by Gasteiger charge is -2.53. The molecule has 40 heavy (non-hydrogen) atoms. The first-order valence-corrected chi connectivity index (χ1v) is 14.3. The lowest BCUT2D eigenvalue weighted by atomic mass is 9.80. The van der Waals surface area contributed by atoms with Gasteiger partial charge in [-0.25, -0.2) is 4.79 Å². The Morgan fingerprint density at radius 1 is 0.600 bits per heavy atom. The van der Waals surface area contributed by atoms with Crippen molar-refractivity contribution in [2.24, 2.45) is 0 Å². The highest BCUT2D eigenvalue weighted by molar-refractivity contribution is 5.60. The van der Waals surface area contributed by atoms with E-state index in [1.54, 1.807) is 28.4 Å². The van der Waals surface area contributed by atoms with E-state index < -0.39 is 18.4 Å². The van der Waals surface area contributed by atoms with Gasteiger partial charge < -0.3 is 38.1 Å². The number of nitrogens with zero attached hydrogens (tertiary/aromatic N) is 2. The Balaban J connectivity index is 1.92. The van der Waals surface area contributed by atoms with E-state index in [2.05, 4.69) is 55.4 Å². The van der Waals surface area contributed by atoms with Gasteiger partial charge in [-0.2, -0.15) is 10.1 Å². The minimum atomic E-state index is -0.805. The van der Waals surface area contributed by atoms with Gasteiger partial charge in [0.2, 0.25) is 0 Å². The molecule has 11 nitrogen and oxygen atoms in total. The number of carbonyl (C=O) groups excluding carboxylic acids is 1. The molecule has 0 aromatic rings. The summed E-state index contributed by atoms with van der Waals surface area (Å²) in [6.45, 7) is 17.8. The molecule has 0 amide bonds. The Morgan fingerprint density at radius 2 is 0.900 bits per heavy atom. The number of rotatable bonds is 14. The third kappa shape index (κ3) is 9.49. The molecular weight excluding hydrogens is 520 g/mol. The zero-order chi connectivity index (χ0) is 30.4. The van der Waals surface area contributed by atoms with Crippen molar-refractivity contribution in [2.45, 2.75) is 128 Å². The van der Waals surface area contributed by atoms with Crippen molar-refractivity contribution in [1.82, 2.24) is 10.1 Å². The zero-order valence-electron chi connectivity index (χ0n) is 27.0. The van der Waals surface area contributed by atoms with Crippen LogP contribution >= 0.6 is 0 Å². The molecule has 0 aliphatic carbocycles. The van der Waals surface area contributed by atoms with Crippen LogP contribution in [0.3, 0.4) is 0 Å². The van der Waals surface area contributed by atoms with E-state index in [1.165, 1.54) is 0 Å². The summed E-state index contributed by atoms with van der Waals surface area (Å²) in [5.74, 6) is 0. The first kappa shape index (κ1) is 35.1. The second-order valence-corrected chi connectivity index (χ2v) is 13.6. The van der Waals surface area contributed by atoms with E-state index in [1.807, 2.05) is 10.1 Å². The number of hydroxylamine groups is 4. The largest absolute Gasteiger partial charge is 0.509 e. The van der Waals surface area contributed by atoms with Crippen molar-refractivity contribution in [2.75, 3.05) is 54.9 Å². The van der Waals surface area contributed by atoms with Crippen LogP contribution in [-0.4, -0.2) is 118 Å². The van der Waals surface area contributed by atoms with Crippen LogP contribution in [0.4, 0.5) is 4.79 Å². The molecule has 0 spiro atoms. The molecule has 0 aromatic heterocycles. The van der Waals surface area contributed by atoms with Crippen LogP contribution < -0.4 is 0 Å². The summed E-state index contributed by atoms with van der Waals surface area (Å²) in [4.78, 5) is 24.1. The second kappa shape index (κ2) is 14.4. The first-order valence-electron chi connectivity index (χ1n) is 14.3. The number of ether oxygens (including phenoxy) is 6. The van der Waals surface area contributed by atoms with E-state index in [0.29, 0.717) is 0 Å². The molecule has 2 aliphatic heterocycles. The monoisotopic (exact) mass is 576 g/mol. The smallest absolute Gasteiger partial charge is 0.426 e. The van der Waals surface area contributed by atoms with Gasteiger partial charge in [0.15, 0.2) is 12.2 Å². The van der Waals surface area contributed by atoms with Gasteiger partial charge in [0.25, 0.3) is 0 Å². The fraction of sp³-hybridized carbons (Fsp3) is 0.966. The van der Waals surface area contributed by atoms with E-state index in [4.69, 9.17) is 38.1 Å². The zero-order valence-corrected chi connectivity index (χ0v) is 27.0. The first-order chi connectivity index (χ1) is 18.5. The summed E-state index contributed by atoms with van der Waals surface area (Å²) < 4.78 is 34.3. The molecule has 11 heteroatoms. The SMILES string of the molecule is COCC(COC1CC(C)(C)N(OC)C(C)(C)C1)OC(=O)OC(COC)COC1CC(C)(C)N(OC)C(C)(C)C1. The molecule has 0 bridgehead atoms. The van der Waals surface area contributed by atoms with Crippen LogP contribution in [0, 0.1) is 0 Å². The van der Waals surface area contributed by atoms with Crippen molar-refractivity contribution < 1.29 is 42.9 Å². The number of hydrogen-bond donors (Lipinski definition) is 0.